The second-order valence-electron chi connectivity index (χ2n) is 8.07. The van der Waals surface area contributed by atoms with Gasteiger partial charge in [-0.05, 0) is 38.3 Å². The third-order valence-corrected chi connectivity index (χ3v) is 6.84. The Hall–Kier alpha value is -1.62. The highest BCUT2D eigenvalue weighted by Gasteiger charge is 2.32. The van der Waals surface area contributed by atoms with Crippen molar-refractivity contribution in [1.29, 1.82) is 0 Å². The van der Waals surface area contributed by atoms with Gasteiger partial charge in [-0.15, -0.1) is 24.0 Å². The van der Waals surface area contributed by atoms with Crippen LogP contribution in [-0.2, 0) is 4.79 Å². The highest BCUT2D eigenvalue weighted by Crippen LogP contribution is 2.28. The average Bonchev–Trinajstić information content (AvgIpc) is 3.51. The third-order valence-electron chi connectivity index (χ3n) is 5.84. The fourth-order valence-electron chi connectivity index (χ4n) is 4.30. The predicted molar refractivity (Wildman–Crippen MR) is 140 cm³/mol. The van der Waals surface area contributed by atoms with Gasteiger partial charge in [0, 0.05) is 38.1 Å². The molecule has 1 aromatic carbocycles. The summed E-state index contributed by atoms with van der Waals surface area (Å²) in [6, 6.07) is 8.44. The summed E-state index contributed by atoms with van der Waals surface area (Å²) in [5.41, 5.74) is 1.03. The number of amides is 1. The van der Waals surface area contributed by atoms with Gasteiger partial charge in [0.2, 0.25) is 5.91 Å². The van der Waals surface area contributed by atoms with Crippen LogP contribution in [0.15, 0.2) is 29.3 Å². The molecule has 7 nitrogen and oxygen atoms in total. The molecule has 3 N–H and O–H groups in total. The van der Waals surface area contributed by atoms with Gasteiger partial charge in [0.05, 0.1) is 16.8 Å². The second kappa shape index (κ2) is 11.8. The van der Waals surface area contributed by atoms with E-state index in [0.717, 1.165) is 62.0 Å². The number of hydrogen-bond acceptors (Lipinski definition) is 5. The highest BCUT2D eigenvalue weighted by molar-refractivity contribution is 14.0. The van der Waals surface area contributed by atoms with E-state index >= 15 is 0 Å². The van der Waals surface area contributed by atoms with Gasteiger partial charge in [-0.2, -0.15) is 0 Å². The Morgan fingerprint density at radius 2 is 2.06 bits per heavy atom. The van der Waals surface area contributed by atoms with Gasteiger partial charge in [-0.25, -0.2) is 4.98 Å². The summed E-state index contributed by atoms with van der Waals surface area (Å²) in [7, 11) is 0. The lowest BCUT2D eigenvalue weighted by Gasteiger charge is -2.21. The van der Waals surface area contributed by atoms with Crippen molar-refractivity contribution in [3.05, 3.63) is 24.3 Å². The number of anilines is 1. The van der Waals surface area contributed by atoms with Crippen molar-refractivity contribution in [2.45, 2.75) is 45.1 Å². The van der Waals surface area contributed by atoms with Crippen LogP contribution in [0.4, 0.5) is 5.13 Å². The molecule has 2 aliphatic rings. The average molecular weight is 557 g/mol. The molecule has 1 saturated heterocycles. The van der Waals surface area contributed by atoms with E-state index in [0.29, 0.717) is 12.5 Å². The molecule has 9 heteroatoms. The Kier molecular flexibility index (Phi) is 9.18. The van der Waals surface area contributed by atoms with E-state index in [4.69, 9.17) is 4.99 Å². The highest BCUT2D eigenvalue weighted by atomic mass is 127. The first-order valence-corrected chi connectivity index (χ1v) is 12.0. The lowest BCUT2D eigenvalue weighted by Crippen LogP contribution is -2.45. The van der Waals surface area contributed by atoms with Crippen LogP contribution in [0.1, 0.15) is 39.0 Å². The first-order valence-electron chi connectivity index (χ1n) is 11.2. The lowest BCUT2D eigenvalue weighted by molar-refractivity contribution is -0.134. The zero-order valence-electron chi connectivity index (χ0n) is 18.1. The molecule has 2 heterocycles. The minimum atomic E-state index is 0. The molecular weight excluding hydrogens is 523 g/mol. The van der Waals surface area contributed by atoms with Crippen molar-refractivity contribution in [2.24, 2.45) is 10.9 Å². The van der Waals surface area contributed by atoms with E-state index in [1.807, 2.05) is 23.1 Å². The molecule has 0 spiro atoms. The SMILES string of the molecule is CCNC(=NCCNc1nc2ccccc2s1)NC1CCN(C(=O)C2CCCC2)C1.I. The van der Waals surface area contributed by atoms with Crippen molar-refractivity contribution in [1.82, 2.24) is 20.5 Å². The molecule has 1 saturated carbocycles. The number of carbonyl (C=O) groups excluding carboxylic acids is 1. The fourth-order valence-corrected chi connectivity index (χ4v) is 5.19. The molecule has 1 unspecified atom stereocenters. The van der Waals surface area contributed by atoms with E-state index < -0.39 is 0 Å². The van der Waals surface area contributed by atoms with Crippen molar-refractivity contribution in [3.63, 3.8) is 0 Å². The Balaban J connectivity index is 0.00000272. The first kappa shape index (κ1) is 24.0. The molecule has 1 aromatic heterocycles. The molecule has 1 atom stereocenters. The largest absolute Gasteiger partial charge is 0.360 e. The van der Waals surface area contributed by atoms with Gasteiger partial charge in [0.1, 0.15) is 0 Å². The molecule has 31 heavy (non-hydrogen) atoms. The minimum Gasteiger partial charge on any atom is -0.360 e. The Bertz CT molecular complexity index is 849. The molecular formula is C22H33IN6OS. The molecule has 170 valence electrons. The van der Waals surface area contributed by atoms with Crippen LogP contribution >= 0.6 is 35.3 Å². The first-order chi connectivity index (χ1) is 14.7. The standard InChI is InChI=1S/C22H32N6OS.HI/c1-2-23-21(24-12-13-25-22-27-18-9-5-6-10-19(18)30-22)26-17-11-14-28(15-17)20(29)16-7-3-4-8-16;/h5-6,9-10,16-17H,2-4,7-8,11-15H2,1H3,(H,25,27)(H2,23,24,26);1H. The smallest absolute Gasteiger partial charge is 0.225 e. The molecule has 2 fully saturated rings. The van der Waals surface area contributed by atoms with E-state index in [1.54, 1.807) is 11.3 Å². The Labute approximate surface area is 205 Å². The maximum atomic E-state index is 12.7. The summed E-state index contributed by atoms with van der Waals surface area (Å²) in [4.78, 5) is 24.0. The monoisotopic (exact) mass is 556 g/mol. The summed E-state index contributed by atoms with van der Waals surface area (Å²) in [5, 5.41) is 11.1. The third kappa shape index (κ3) is 6.44. The number of guanidine groups is 1. The number of carbonyl (C=O) groups is 1. The van der Waals surface area contributed by atoms with E-state index in [-0.39, 0.29) is 35.9 Å². The summed E-state index contributed by atoms with van der Waals surface area (Å²) < 4.78 is 1.19. The Morgan fingerprint density at radius 3 is 2.84 bits per heavy atom. The number of fused-ring (bicyclic) bond motifs is 1. The minimum absolute atomic E-state index is 0. The van der Waals surface area contributed by atoms with Gasteiger partial charge >= 0.3 is 0 Å². The quantitative estimate of drug-likeness (QED) is 0.210. The number of aliphatic imine (C=N–C) groups is 1. The second-order valence-corrected chi connectivity index (χ2v) is 9.10. The number of hydrogen-bond donors (Lipinski definition) is 3. The van der Waals surface area contributed by atoms with Crippen molar-refractivity contribution < 1.29 is 4.79 Å². The van der Waals surface area contributed by atoms with Crippen molar-refractivity contribution in [3.8, 4) is 0 Å². The number of nitrogens with zero attached hydrogens (tertiary/aromatic N) is 3. The van der Waals surface area contributed by atoms with Gasteiger partial charge in [-0.1, -0.05) is 36.3 Å². The summed E-state index contributed by atoms with van der Waals surface area (Å²) in [6.45, 7) is 5.90. The zero-order valence-corrected chi connectivity index (χ0v) is 21.2. The molecule has 1 amide bonds. The van der Waals surface area contributed by atoms with Crippen LogP contribution in [0.2, 0.25) is 0 Å². The van der Waals surface area contributed by atoms with Gasteiger partial charge in [0.25, 0.3) is 0 Å². The summed E-state index contributed by atoms with van der Waals surface area (Å²) in [5.74, 6) is 1.45. The van der Waals surface area contributed by atoms with Gasteiger partial charge < -0.3 is 20.9 Å². The van der Waals surface area contributed by atoms with Crippen LogP contribution < -0.4 is 16.0 Å². The van der Waals surface area contributed by atoms with E-state index in [1.165, 1.54) is 17.5 Å². The van der Waals surface area contributed by atoms with Crippen LogP contribution in [-0.4, -0.2) is 60.5 Å². The topological polar surface area (TPSA) is 81.7 Å². The predicted octanol–water partition coefficient (Wildman–Crippen LogP) is 3.67. The zero-order chi connectivity index (χ0) is 20.8. The van der Waals surface area contributed by atoms with Crippen molar-refractivity contribution in [2.75, 3.05) is 38.0 Å². The number of thiazole rings is 1. The molecule has 0 radical (unpaired) electrons. The number of aromatic nitrogens is 1. The molecule has 0 bridgehead atoms. The lowest BCUT2D eigenvalue weighted by atomic mass is 10.1. The van der Waals surface area contributed by atoms with Gasteiger partial charge in [0.15, 0.2) is 11.1 Å². The molecule has 2 aromatic rings. The number of para-hydroxylation sites is 1. The van der Waals surface area contributed by atoms with Gasteiger partial charge in [-0.3, -0.25) is 9.79 Å². The maximum Gasteiger partial charge on any atom is 0.225 e. The van der Waals surface area contributed by atoms with Crippen molar-refractivity contribution >= 4 is 62.5 Å². The fraction of sp³-hybridized carbons (Fsp3) is 0.591. The maximum absolute atomic E-state index is 12.7. The molecule has 1 aliphatic carbocycles. The number of halogens is 1. The van der Waals surface area contributed by atoms with E-state index in [2.05, 4.69) is 33.9 Å². The Morgan fingerprint density at radius 1 is 1.26 bits per heavy atom. The number of likely N-dealkylation sites (tertiary alicyclic amines) is 1. The number of rotatable bonds is 7. The normalized spacial score (nSPS) is 19.5. The van der Waals surface area contributed by atoms with Crippen LogP contribution in [0.5, 0.6) is 0 Å². The molecule has 4 rings (SSSR count). The summed E-state index contributed by atoms with van der Waals surface area (Å²) in [6.07, 6.45) is 5.52. The molecule has 1 aliphatic heterocycles. The van der Waals surface area contributed by atoms with E-state index in [9.17, 15) is 4.79 Å². The van der Waals surface area contributed by atoms with Crippen LogP contribution in [0.25, 0.3) is 10.2 Å². The van der Waals surface area contributed by atoms with Crippen LogP contribution in [0, 0.1) is 5.92 Å². The van der Waals surface area contributed by atoms with Crippen LogP contribution in [0.3, 0.4) is 0 Å². The summed E-state index contributed by atoms with van der Waals surface area (Å²) >= 11 is 1.67. The number of benzene rings is 1. The number of nitrogens with one attached hydrogen (secondary N) is 3.